The van der Waals surface area contributed by atoms with Crippen molar-refractivity contribution < 1.29 is 10.2 Å². The highest BCUT2D eigenvalue weighted by atomic mass is 16.3. The first kappa shape index (κ1) is 22.8. The molecule has 0 aromatic heterocycles. The molecule has 0 amide bonds. The average molecular weight is 407 g/mol. The van der Waals surface area contributed by atoms with Crippen LogP contribution in [-0.4, -0.2) is 10.2 Å². The predicted octanol–water partition coefficient (Wildman–Crippen LogP) is 6.35. The number of hydrogen-bond acceptors (Lipinski definition) is 2. The van der Waals surface area contributed by atoms with Crippen LogP contribution in [-0.2, 0) is 51.7 Å². The van der Waals surface area contributed by atoms with Crippen LogP contribution in [0.1, 0.15) is 86.1 Å². The van der Waals surface area contributed by atoms with Crippen LogP contribution in [0.15, 0.2) is 12.1 Å². The van der Waals surface area contributed by atoms with E-state index in [9.17, 15) is 10.2 Å². The first-order valence-corrected chi connectivity index (χ1v) is 11.9. The average Bonchev–Trinajstić information content (AvgIpc) is 2.79. The Labute approximate surface area is 181 Å². The molecule has 30 heavy (non-hydrogen) atoms. The second kappa shape index (κ2) is 9.49. The molecule has 2 nitrogen and oxygen atoms in total. The van der Waals surface area contributed by atoms with Crippen molar-refractivity contribution in [1.82, 2.24) is 0 Å². The Balaban J connectivity index is 2.66. The zero-order valence-corrected chi connectivity index (χ0v) is 19.7. The third-order valence-electron chi connectivity index (χ3n) is 7.08. The van der Waals surface area contributed by atoms with Crippen molar-refractivity contribution in [2.45, 2.75) is 93.3 Å². The SMILES string of the molecule is CCc1c(CC)c(CC)c2cc3c(CC)c(CO)c(CO)c(CC)c3cc2c1CC. The number of benzene rings is 3. The molecule has 0 aliphatic carbocycles. The molecule has 3 rings (SSSR count). The molecule has 0 aliphatic heterocycles. The van der Waals surface area contributed by atoms with E-state index in [0.717, 1.165) is 49.7 Å². The standard InChI is InChI=1S/C28H38O2/c1-7-17-18(8-2)20(10-4)24-14-26-22(12-6)28(16-30)27(15-29)21(11-5)25(26)13-23(24)19(17)9-3/h13-14,29-30H,7-12,15-16H2,1-6H3. The highest BCUT2D eigenvalue weighted by molar-refractivity contribution is 6.05. The van der Waals surface area contributed by atoms with Crippen molar-refractivity contribution in [2.24, 2.45) is 0 Å². The van der Waals surface area contributed by atoms with Gasteiger partial charge in [-0.15, -0.1) is 0 Å². The van der Waals surface area contributed by atoms with Gasteiger partial charge in [-0.3, -0.25) is 0 Å². The molecule has 0 saturated heterocycles. The molecule has 0 radical (unpaired) electrons. The lowest BCUT2D eigenvalue weighted by Crippen LogP contribution is -2.08. The van der Waals surface area contributed by atoms with Crippen molar-refractivity contribution in [3.05, 3.63) is 56.6 Å². The summed E-state index contributed by atoms with van der Waals surface area (Å²) < 4.78 is 0. The molecule has 2 N–H and O–H groups in total. The summed E-state index contributed by atoms with van der Waals surface area (Å²) in [6.45, 7) is 13.4. The summed E-state index contributed by atoms with van der Waals surface area (Å²) in [6.07, 6.45) is 5.91. The Morgan fingerprint density at radius 3 is 0.833 bits per heavy atom. The second-order valence-electron chi connectivity index (χ2n) is 8.21. The van der Waals surface area contributed by atoms with Crippen LogP contribution in [0.4, 0.5) is 0 Å². The van der Waals surface area contributed by atoms with E-state index < -0.39 is 0 Å². The van der Waals surface area contributed by atoms with E-state index in [1.54, 1.807) is 0 Å². The van der Waals surface area contributed by atoms with Crippen molar-refractivity contribution in [1.29, 1.82) is 0 Å². The zero-order chi connectivity index (χ0) is 22.0. The van der Waals surface area contributed by atoms with Gasteiger partial charge in [0, 0.05) is 0 Å². The molecule has 0 aliphatic rings. The number of aliphatic hydroxyl groups excluding tert-OH is 2. The molecule has 0 atom stereocenters. The van der Waals surface area contributed by atoms with Crippen molar-refractivity contribution in [2.75, 3.05) is 0 Å². The largest absolute Gasteiger partial charge is 0.392 e. The molecule has 0 heterocycles. The zero-order valence-electron chi connectivity index (χ0n) is 19.7. The summed E-state index contributed by atoms with van der Waals surface area (Å²) in [5, 5.41) is 25.6. The monoisotopic (exact) mass is 406 g/mol. The summed E-state index contributed by atoms with van der Waals surface area (Å²) in [5.41, 5.74) is 10.3. The molecule has 0 bridgehead atoms. The molecule has 2 heteroatoms. The van der Waals surface area contributed by atoms with Crippen LogP contribution in [0, 0.1) is 0 Å². The number of aryl methyl sites for hydroxylation is 4. The maximum atomic E-state index is 10.2. The molecule has 0 fully saturated rings. The molecule has 3 aromatic carbocycles. The Hall–Kier alpha value is -1.90. The third kappa shape index (κ3) is 3.35. The number of hydrogen-bond donors (Lipinski definition) is 2. The molecule has 0 spiro atoms. The van der Waals surface area contributed by atoms with E-state index in [0.29, 0.717) is 0 Å². The summed E-state index contributed by atoms with van der Waals surface area (Å²) in [7, 11) is 0. The minimum absolute atomic E-state index is 0.0180. The first-order valence-electron chi connectivity index (χ1n) is 11.9. The topological polar surface area (TPSA) is 40.5 Å². The minimum Gasteiger partial charge on any atom is -0.392 e. The second-order valence-corrected chi connectivity index (χ2v) is 8.21. The van der Waals surface area contributed by atoms with Gasteiger partial charge >= 0.3 is 0 Å². The number of aliphatic hydroxyl groups is 2. The fraction of sp³-hybridized carbons (Fsp3) is 0.500. The number of rotatable bonds is 8. The first-order chi connectivity index (χ1) is 14.6. The van der Waals surface area contributed by atoms with Gasteiger partial charge in [0.2, 0.25) is 0 Å². The molecule has 162 valence electrons. The summed E-state index contributed by atoms with van der Waals surface area (Å²) in [6, 6.07) is 4.80. The van der Waals surface area contributed by atoms with Gasteiger partial charge in [0.05, 0.1) is 13.2 Å². The highest BCUT2D eigenvalue weighted by Crippen LogP contribution is 2.39. The fourth-order valence-electron chi connectivity index (χ4n) is 5.83. The van der Waals surface area contributed by atoms with Gasteiger partial charge in [-0.05, 0) is 117 Å². The van der Waals surface area contributed by atoms with E-state index in [2.05, 4.69) is 53.7 Å². The van der Waals surface area contributed by atoms with E-state index in [4.69, 9.17) is 0 Å². The molecule has 0 saturated carbocycles. The van der Waals surface area contributed by atoms with E-state index in [1.807, 2.05) is 0 Å². The van der Waals surface area contributed by atoms with Gasteiger partial charge in [-0.1, -0.05) is 41.5 Å². The maximum absolute atomic E-state index is 10.2. The third-order valence-corrected chi connectivity index (χ3v) is 7.08. The molecular formula is C28H38O2. The summed E-state index contributed by atoms with van der Waals surface area (Å²) in [5.74, 6) is 0. The van der Waals surface area contributed by atoms with Crippen LogP contribution in [0.5, 0.6) is 0 Å². The van der Waals surface area contributed by atoms with Crippen molar-refractivity contribution in [3.63, 3.8) is 0 Å². The van der Waals surface area contributed by atoms with Crippen LogP contribution in [0.2, 0.25) is 0 Å². The minimum atomic E-state index is -0.0180. The Morgan fingerprint density at radius 2 is 0.633 bits per heavy atom. The molecular weight excluding hydrogens is 368 g/mol. The Kier molecular flexibility index (Phi) is 7.21. The smallest absolute Gasteiger partial charge is 0.0688 e. The highest BCUT2D eigenvalue weighted by Gasteiger charge is 2.21. The lowest BCUT2D eigenvalue weighted by Gasteiger charge is -2.24. The molecule has 0 unspecified atom stereocenters. The lowest BCUT2D eigenvalue weighted by molar-refractivity contribution is 0.258. The predicted molar refractivity (Wildman–Crippen MR) is 130 cm³/mol. The van der Waals surface area contributed by atoms with Crippen LogP contribution in [0.25, 0.3) is 21.5 Å². The Morgan fingerprint density at radius 1 is 0.400 bits per heavy atom. The van der Waals surface area contributed by atoms with Crippen molar-refractivity contribution in [3.8, 4) is 0 Å². The fourth-order valence-corrected chi connectivity index (χ4v) is 5.83. The van der Waals surface area contributed by atoms with Crippen molar-refractivity contribution >= 4 is 21.5 Å². The lowest BCUT2D eigenvalue weighted by atomic mass is 9.81. The van der Waals surface area contributed by atoms with Gasteiger partial charge in [0.25, 0.3) is 0 Å². The maximum Gasteiger partial charge on any atom is 0.0688 e. The van der Waals surface area contributed by atoms with E-state index in [1.165, 1.54) is 54.9 Å². The normalized spacial score (nSPS) is 11.7. The molecule has 3 aromatic rings. The van der Waals surface area contributed by atoms with Gasteiger partial charge in [0.1, 0.15) is 0 Å². The van der Waals surface area contributed by atoms with Crippen LogP contribution in [0.3, 0.4) is 0 Å². The number of fused-ring (bicyclic) bond motifs is 2. The van der Waals surface area contributed by atoms with Gasteiger partial charge < -0.3 is 10.2 Å². The quantitative estimate of drug-likeness (QED) is 0.428. The van der Waals surface area contributed by atoms with Gasteiger partial charge in [-0.25, -0.2) is 0 Å². The van der Waals surface area contributed by atoms with E-state index >= 15 is 0 Å². The Bertz CT molecular complexity index is 907. The summed E-state index contributed by atoms with van der Waals surface area (Å²) >= 11 is 0. The van der Waals surface area contributed by atoms with Crippen LogP contribution >= 0.6 is 0 Å². The van der Waals surface area contributed by atoms with Gasteiger partial charge in [0.15, 0.2) is 0 Å². The van der Waals surface area contributed by atoms with Crippen LogP contribution < -0.4 is 0 Å². The van der Waals surface area contributed by atoms with E-state index in [-0.39, 0.29) is 13.2 Å². The summed E-state index contributed by atoms with van der Waals surface area (Å²) in [4.78, 5) is 0. The van der Waals surface area contributed by atoms with Gasteiger partial charge in [-0.2, -0.15) is 0 Å².